The molecule has 0 N–H and O–H groups in total. The molecule has 0 fully saturated rings. The number of carbonyl (C=O) groups is 2. The average Bonchev–Trinajstić information content (AvgIpc) is 2.37. The van der Waals surface area contributed by atoms with Crippen LogP contribution < -0.4 is 9.47 Å². The zero-order valence-electron chi connectivity index (χ0n) is 9.21. The summed E-state index contributed by atoms with van der Waals surface area (Å²) < 4.78 is 10.3. The lowest BCUT2D eigenvalue weighted by molar-refractivity contribution is -0.135. The van der Waals surface area contributed by atoms with Crippen LogP contribution in [-0.2, 0) is 9.59 Å². The van der Waals surface area contributed by atoms with Crippen molar-refractivity contribution >= 4 is 92.5 Å². The van der Waals surface area contributed by atoms with Gasteiger partial charge < -0.3 is 9.47 Å². The van der Waals surface area contributed by atoms with Crippen molar-refractivity contribution in [1.29, 1.82) is 0 Å². The van der Waals surface area contributed by atoms with Gasteiger partial charge in [-0.15, -0.1) is 0 Å². The minimum absolute atomic E-state index is 0.0243. The van der Waals surface area contributed by atoms with Crippen molar-refractivity contribution in [3.63, 3.8) is 0 Å². The van der Waals surface area contributed by atoms with E-state index in [2.05, 4.69) is 0 Å². The van der Waals surface area contributed by atoms with Crippen LogP contribution in [0.3, 0.4) is 0 Å². The van der Waals surface area contributed by atoms with Gasteiger partial charge >= 0.3 is 11.9 Å². The van der Waals surface area contributed by atoms with Crippen LogP contribution in [0.5, 0.6) is 11.5 Å². The predicted octanol–water partition coefficient (Wildman–Crippen LogP) is 4.36. The first-order valence-corrected chi connectivity index (χ1v) is 7.92. The van der Waals surface area contributed by atoms with Gasteiger partial charge in [0, 0.05) is 0 Å². The molecule has 10 heteroatoms. The Morgan fingerprint density at radius 2 is 1.40 bits per heavy atom. The van der Waals surface area contributed by atoms with Gasteiger partial charge in [-0.3, -0.25) is 0 Å². The van der Waals surface area contributed by atoms with Gasteiger partial charge in [0.2, 0.25) is 9.67 Å². The standard InChI is InChI=1S/C10H4Cl5IO4/c11-3-1-2-4(16)6(20-10(18)8(14)15)5(3)19-9(17)7(12)13/h1-2,7-8H. The molecule has 110 valence electrons. The molecule has 0 aliphatic rings. The first kappa shape index (κ1) is 18.4. The van der Waals surface area contributed by atoms with E-state index in [1.54, 1.807) is 6.07 Å². The maximum atomic E-state index is 11.4. The lowest BCUT2D eigenvalue weighted by atomic mass is 10.3. The topological polar surface area (TPSA) is 52.6 Å². The summed E-state index contributed by atoms with van der Waals surface area (Å²) in [7, 11) is 0. The van der Waals surface area contributed by atoms with Crippen molar-refractivity contribution in [1.82, 2.24) is 0 Å². The first-order chi connectivity index (χ1) is 9.23. The SMILES string of the molecule is O=C(Oc1c(Cl)ccc(I)c1OC(=O)C(Cl)Cl)C(Cl)Cl. The first-order valence-electron chi connectivity index (χ1n) is 4.71. The van der Waals surface area contributed by atoms with Crippen LogP contribution in [0.2, 0.25) is 5.02 Å². The Morgan fingerprint density at radius 1 is 0.950 bits per heavy atom. The molecular formula is C10H4Cl5IO4. The molecule has 0 aromatic heterocycles. The summed E-state index contributed by atoms with van der Waals surface area (Å²) in [6, 6.07) is 2.98. The van der Waals surface area contributed by atoms with Crippen LogP contribution in [0.15, 0.2) is 12.1 Å². The molecule has 0 amide bonds. The smallest absolute Gasteiger partial charge is 0.345 e. The Morgan fingerprint density at radius 3 is 1.85 bits per heavy atom. The van der Waals surface area contributed by atoms with Gasteiger partial charge in [0.05, 0.1) is 8.59 Å². The van der Waals surface area contributed by atoms with Gasteiger partial charge in [0.25, 0.3) is 0 Å². The molecule has 20 heavy (non-hydrogen) atoms. The van der Waals surface area contributed by atoms with Crippen LogP contribution in [0, 0.1) is 3.57 Å². The number of esters is 2. The number of alkyl halides is 4. The number of carbonyl (C=O) groups excluding carboxylic acids is 2. The van der Waals surface area contributed by atoms with E-state index >= 15 is 0 Å². The van der Waals surface area contributed by atoms with Crippen molar-refractivity contribution in [2.45, 2.75) is 9.67 Å². The Labute approximate surface area is 152 Å². The highest BCUT2D eigenvalue weighted by Gasteiger charge is 2.24. The minimum Gasteiger partial charge on any atom is -0.419 e. The van der Waals surface area contributed by atoms with Gasteiger partial charge in [0.15, 0.2) is 11.5 Å². The molecule has 4 nitrogen and oxygen atoms in total. The lowest BCUT2D eigenvalue weighted by Gasteiger charge is -2.14. The molecule has 0 saturated carbocycles. The summed E-state index contributed by atoms with van der Waals surface area (Å²) in [5.74, 6) is -2.21. The molecule has 0 aliphatic carbocycles. The molecule has 1 aromatic carbocycles. The van der Waals surface area contributed by atoms with Gasteiger partial charge in [0.1, 0.15) is 0 Å². The summed E-state index contributed by atoms with van der Waals surface area (Å²) in [5, 5.41) is 0.0243. The Kier molecular flexibility index (Phi) is 7.45. The maximum absolute atomic E-state index is 11.4. The van der Waals surface area contributed by atoms with E-state index in [9.17, 15) is 9.59 Å². The van der Waals surface area contributed by atoms with Crippen molar-refractivity contribution < 1.29 is 19.1 Å². The second-order valence-corrected chi connectivity index (χ2v) is 6.89. The number of hydrogen-bond acceptors (Lipinski definition) is 4. The van der Waals surface area contributed by atoms with E-state index in [4.69, 9.17) is 67.5 Å². The minimum atomic E-state index is -1.42. The summed E-state index contributed by atoms with van der Waals surface area (Å²) in [5.41, 5.74) is 0. The number of rotatable bonds is 4. The molecule has 0 spiro atoms. The van der Waals surface area contributed by atoms with Crippen LogP contribution in [0.1, 0.15) is 0 Å². The van der Waals surface area contributed by atoms with Crippen molar-refractivity contribution in [2.24, 2.45) is 0 Å². The second kappa shape index (κ2) is 8.10. The monoisotopic (exact) mass is 490 g/mol. The second-order valence-electron chi connectivity index (χ2n) is 3.13. The normalized spacial score (nSPS) is 10.8. The van der Waals surface area contributed by atoms with Gasteiger partial charge in [-0.05, 0) is 34.7 Å². The van der Waals surface area contributed by atoms with Crippen molar-refractivity contribution in [3.05, 3.63) is 20.7 Å². The summed E-state index contributed by atoms with van der Waals surface area (Å²) >= 11 is 29.3. The highest BCUT2D eigenvalue weighted by atomic mass is 127. The Hall–Kier alpha value is 0.340. The molecule has 0 saturated heterocycles. The maximum Gasteiger partial charge on any atom is 0.345 e. The van der Waals surface area contributed by atoms with Crippen LogP contribution in [0.25, 0.3) is 0 Å². The number of benzene rings is 1. The predicted molar refractivity (Wildman–Crippen MR) is 86.4 cm³/mol. The molecule has 0 aliphatic heterocycles. The molecule has 0 bridgehead atoms. The van der Waals surface area contributed by atoms with Gasteiger partial charge in [-0.1, -0.05) is 58.0 Å². The van der Waals surface area contributed by atoms with Crippen molar-refractivity contribution in [2.75, 3.05) is 0 Å². The van der Waals surface area contributed by atoms with E-state index in [-0.39, 0.29) is 16.5 Å². The van der Waals surface area contributed by atoms with E-state index < -0.39 is 21.6 Å². The zero-order chi connectivity index (χ0) is 15.4. The lowest BCUT2D eigenvalue weighted by Crippen LogP contribution is -2.20. The Bertz CT molecular complexity index is 488. The van der Waals surface area contributed by atoms with E-state index in [0.717, 1.165) is 0 Å². The highest BCUT2D eigenvalue weighted by molar-refractivity contribution is 14.1. The summed E-state index contributed by atoms with van der Waals surface area (Å²) in [6.07, 6.45) is 0. The van der Waals surface area contributed by atoms with Crippen molar-refractivity contribution in [3.8, 4) is 11.5 Å². The molecule has 0 heterocycles. The zero-order valence-corrected chi connectivity index (χ0v) is 15.1. The number of ether oxygens (including phenoxy) is 2. The van der Waals surface area contributed by atoms with E-state index in [0.29, 0.717) is 3.57 Å². The Balaban J connectivity index is 3.17. The van der Waals surface area contributed by atoms with Gasteiger partial charge in [-0.2, -0.15) is 0 Å². The molecular weight excluding hydrogens is 488 g/mol. The number of hydrogen-bond donors (Lipinski definition) is 0. The summed E-state index contributed by atoms with van der Waals surface area (Å²) in [4.78, 5) is 20.0. The van der Waals surface area contributed by atoms with E-state index in [1.165, 1.54) is 6.07 Å². The van der Waals surface area contributed by atoms with Crippen LogP contribution in [0.4, 0.5) is 0 Å². The fourth-order valence-corrected chi connectivity index (χ4v) is 1.90. The third-order valence-electron chi connectivity index (χ3n) is 1.78. The van der Waals surface area contributed by atoms with Crippen LogP contribution >= 0.6 is 80.6 Å². The highest BCUT2D eigenvalue weighted by Crippen LogP contribution is 2.39. The molecule has 1 aromatic rings. The third kappa shape index (κ3) is 4.96. The fourth-order valence-electron chi connectivity index (χ4n) is 0.995. The molecule has 1 rings (SSSR count). The molecule has 0 atom stereocenters. The summed E-state index contributed by atoms with van der Waals surface area (Å²) in [6.45, 7) is 0. The third-order valence-corrected chi connectivity index (χ3v) is 3.64. The molecule has 0 radical (unpaired) electrons. The molecule has 0 unspecified atom stereocenters. The van der Waals surface area contributed by atoms with E-state index in [1.807, 2.05) is 22.6 Å². The average molecular weight is 492 g/mol. The van der Waals surface area contributed by atoms with Crippen LogP contribution in [-0.4, -0.2) is 21.6 Å². The largest absolute Gasteiger partial charge is 0.419 e. The van der Waals surface area contributed by atoms with Gasteiger partial charge in [-0.25, -0.2) is 9.59 Å². The number of halogens is 6. The fraction of sp³-hybridized carbons (Fsp3) is 0.200. The quantitative estimate of drug-likeness (QED) is 0.271.